The molecule has 4 atom stereocenters. The Bertz CT molecular complexity index is 1390. The fraction of sp³-hybridized carbons (Fsp3) is 0.294. The zero-order chi connectivity index (χ0) is 24.1. The summed E-state index contributed by atoms with van der Waals surface area (Å²) in [5.74, 6) is -1.40. The fourth-order valence-corrected chi connectivity index (χ4v) is 3.80. The van der Waals surface area contributed by atoms with E-state index < -0.39 is 57.8 Å². The number of fused-ring (bicyclic) bond motifs is 1. The van der Waals surface area contributed by atoms with Gasteiger partial charge in [0.15, 0.2) is 17.4 Å². The third kappa shape index (κ3) is 4.11. The second-order valence-corrected chi connectivity index (χ2v) is 8.42. The highest BCUT2D eigenvalue weighted by Crippen LogP contribution is 2.33. The molecule has 1 fully saturated rings. The number of esters is 1. The van der Waals surface area contributed by atoms with E-state index in [2.05, 4.69) is 15.0 Å². The van der Waals surface area contributed by atoms with Crippen molar-refractivity contribution < 1.29 is 36.8 Å². The lowest BCUT2D eigenvalue weighted by Gasteiger charge is -2.17. The van der Waals surface area contributed by atoms with Crippen molar-refractivity contribution >= 4 is 39.3 Å². The van der Waals surface area contributed by atoms with Crippen molar-refractivity contribution in [2.45, 2.75) is 29.4 Å². The molecule has 0 saturated carbocycles. The summed E-state index contributed by atoms with van der Waals surface area (Å²) in [6.07, 6.45) is -5.64. The first kappa shape index (κ1) is 22.6. The number of nitrogen functional groups attached to an aromatic ring is 2. The van der Waals surface area contributed by atoms with Crippen molar-refractivity contribution in [2.75, 3.05) is 18.1 Å². The van der Waals surface area contributed by atoms with Crippen molar-refractivity contribution in [2.24, 2.45) is 0 Å². The van der Waals surface area contributed by atoms with E-state index in [1.807, 2.05) is 0 Å². The highest BCUT2D eigenvalue weighted by Gasteiger charge is 2.45. The number of carbonyl (C=O) groups excluding carboxylic acids is 1. The molecule has 14 nitrogen and oxygen atoms in total. The van der Waals surface area contributed by atoms with Crippen LogP contribution in [0.2, 0.25) is 0 Å². The number of aromatic amines is 1. The van der Waals surface area contributed by atoms with E-state index in [1.54, 1.807) is 0 Å². The number of ether oxygens (including phenoxy) is 2. The average Bonchev–Trinajstić information content (AvgIpc) is 3.22. The molecule has 1 aromatic carbocycles. The van der Waals surface area contributed by atoms with E-state index in [-0.39, 0.29) is 28.6 Å². The van der Waals surface area contributed by atoms with Gasteiger partial charge >= 0.3 is 16.2 Å². The van der Waals surface area contributed by atoms with Gasteiger partial charge in [0.2, 0.25) is 11.9 Å². The number of nitrogens with two attached hydrogens (primary N) is 2. The number of nitrogens with one attached hydrogen (secondary N) is 1. The van der Waals surface area contributed by atoms with Crippen LogP contribution in [0.25, 0.3) is 11.2 Å². The van der Waals surface area contributed by atoms with Crippen molar-refractivity contribution in [3.05, 3.63) is 40.2 Å². The largest absolute Gasteiger partial charge is 0.459 e. The van der Waals surface area contributed by atoms with Gasteiger partial charge in [0.05, 0.1) is 10.5 Å². The van der Waals surface area contributed by atoms with Gasteiger partial charge < -0.3 is 31.2 Å². The molecular weight excluding hydrogens is 467 g/mol. The number of benzene rings is 1. The summed E-state index contributed by atoms with van der Waals surface area (Å²) in [6.45, 7) is -0.514. The zero-order valence-corrected chi connectivity index (χ0v) is 17.3. The molecule has 2 aromatic heterocycles. The summed E-state index contributed by atoms with van der Waals surface area (Å²) >= 11 is 0. The van der Waals surface area contributed by atoms with Gasteiger partial charge in [-0.2, -0.15) is 13.4 Å². The van der Waals surface area contributed by atoms with Gasteiger partial charge in [-0.15, -0.1) is 3.89 Å². The normalized spacial score (nSPS) is 23.1. The number of aliphatic hydroxyl groups excluding tert-OH is 2. The maximum Gasteiger partial charge on any atom is 0.338 e. The Morgan fingerprint density at radius 3 is 2.52 bits per heavy atom. The Hall–Kier alpha value is -3.60. The second-order valence-electron chi connectivity index (χ2n) is 7.07. The number of halogens is 1. The second kappa shape index (κ2) is 8.07. The SMILES string of the molecule is Nc1nc2c(nc(N)n2[C@@H]2O[C@H](COC(=O)c3ccc(S(=O)(=O)F)cc3)[C@@H](O)[C@H]2O)c(=O)[nH]1. The van der Waals surface area contributed by atoms with Crippen LogP contribution in [0.5, 0.6) is 0 Å². The van der Waals surface area contributed by atoms with E-state index >= 15 is 0 Å². The van der Waals surface area contributed by atoms with Gasteiger partial charge in [-0.25, -0.2) is 9.78 Å². The quantitative estimate of drug-likeness (QED) is 0.204. The van der Waals surface area contributed by atoms with Gasteiger partial charge in [0, 0.05) is 0 Å². The van der Waals surface area contributed by atoms with E-state index in [1.165, 1.54) is 0 Å². The standard InChI is InChI=1S/C17H17FN6O8S/c18-33(29,30)7-3-1-6(2-4-7)15(28)31-5-8-10(25)11(26)14(32-8)24-12-9(21-17(24)20)13(27)23-16(19)22-12/h1-4,8,10-11,14,25-26H,5H2,(H2,20,21)(H3,19,22,23,27)/t8-,10-,11-,14-/m1/s1. The maximum absolute atomic E-state index is 13.0. The lowest BCUT2D eigenvalue weighted by molar-refractivity contribution is -0.0556. The van der Waals surface area contributed by atoms with Crippen LogP contribution in [0.15, 0.2) is 34.0 Å². The molecule has 3 heterocycles. The minimum absolute atomic E-state index is 0.0873. The van der Waals surface area contributed by atoms with Crippen molar-refractivity contribution in [1.29, 1.82) is 0 Å². The topological polar surface area (TPSA) is 226 Å². The summed E-state index contributed by atoms with van der Waals surface area (Å²) in [5, 5.41) is 20.8. The lowest BCUT2D eigenvalue weighted by atomic mass is 10.1. The molecule has 0 unspecified atom stereocenters. The van der Waals surface area contributed by atoms with Gasteiger partial charge in [-0.05, 0) is 24.3 Å². The molecule has 1 aliphatic rings. The number of rotatable bonds is 5. The van der Waals surface area contributed by atoms with E-state index in [0.29, 0.717) is 0 Å². The summed E-state index contributed by atoms with van der Waals surface area (Å²) in [4.78, 5) is 33.6. The monoisotopic (exact) mass is 484 g/mol. The molecule has 0 amide bonds. The van der Waals surface area contributed by atoms with Crippen LogP contribution in [0.1, 0.15) is 16.6 Å². The van der Waals surface area contributed by atoms with Crippen molar-refractivity contribution in [1.82, 2.24) is 19.5 Å². The van der Waals surface area contributed by atoms with Crippen LogP contribution in [-0.2, 0) is 19.7 Å². The number of nitrogens with zero attached hydrogens (tertiary/aromatic N) is 3. The third-order valence-corrected chi connectivity index (χ3v) is 5.77. The highest BCUT2D eigenvalue weighted by molar-refractivity contribution is 7.86. The van der Waals surface area contributed by atoms with Crippen LogP contribution in [-0.4, -0.2) is 69.0 Å². The number of carbonyl (C=O) groups is 1. The molecule has 1 saturated heterocycles. The first-order valence-electron chi connectivity index (χ1n) is 9.24. The molecular formula is C17H17FN6O8S. The summed E-state index contributed by atoms with van der Waals surface area (Å²) in [7, 11) is -4.92. The maximum atomic E-state index is 13.0. The molecule has 0 aliphatic carbocycles. The highest BCUT2D eigenvalue weighted by atomic mass is 32.3. The van der Waals surface area contributed by atoms with Crippen molar-refractivity contribution in [3.63, 3.8) is 0 Å². The predicted molar refractivity (Wildman–Crippen MR) is 108 cm³/mol. The fourth-order valence-electron chi connectivity index (χ4n) is 3.34. The van der Waals surface area contributed by atoms with Crippen LogP contribution < -0.4 is 17.0 Å². The first-order valence-corrected chi connectivity index (χ1v) is 10.6. The van der Waals surface area contributed by atoms with Gasteiger partial charge in [0.25, 0.3) is 5.56 Å². The minimum Gasteiger partial charge on any atom is -0.459 e. The molecule has 0 radical (unpaired) electrons. The molecule has 16 heteroatoms. The number of imidazole rings is 1. The van der Waals surface area contributed by atoms with Gasteiger partial charge in [0.1, 0.15) is 24.9 Å². The third-order valence-electron chi connectivity index (χ3n) is 4.94. The Morgan fingerprint density at radius 2 is 1.88 bits per heavy atom. The summed E-state index contributed by atoms with van der Waals surface area (Å²) in [5.41, 5.74) is 10.4. The lowest BCUT2D eigenvalue weighted by Crippen LogP contribution is -2.34. The number of aliphatic hydroxyl groups is 2. The number of hydrogen-bond donors (Lipinski definition) is 5. The Morgan fingerprint density at radius 1 is 1.21 bits per heavy atom. The molecule has 7 N–H and O–H groups in total. The van der Waals surface area contributed by atoms with Crippen molar-refractivity contribution in [3.8, 4) is 0 Å². The number of aromatic nitrogens is 4. The van der Waals surface area contributed by atoms with E-state index in [9.17, 15) is 32.1 Å². The van der Waals surface area contributed by atoms with E-state index in [4.69, 9.17) is 20.9 Å². The first-order chi connectivity index (χ1) is 15.5. The average molecular weight is 484 g/mol. The van der Waals surface area contributed by atoms with Gasteiger partial charge in [-0.3, -0.25) is 14.3 Å². The molecule has 4 rings (SSSR count). The van der Waals surface area contributed by atoms with Crippen LogP contribution in [0.4, 0.5) is 15.8 Å². The molecule has 0 spiro atoms. The van der Waals surface area contributed by atoms with Gasteiger partial charge in [-0.1, -0.05) is 0 Å². The smallest absolute Gasteiger partial charge is 0.338 e. The molecule has 1 aliphatic heterocycles. The zero-order valence-electron chi connectivity index (χ0n) is 16.5. The van der Waals surface area contributed by atoms with Crippen LogP contribution in [0, 0.1) is 0 Å². The van der Waals surface area contributed by atoms with Crippen LogP contribution in [0.3, 0.4) is 0 Å². The predicted octanol–water partition coefficient (Wildman–Crippen LogP) is -1.58. The summed E-state index contributed by atoms with van der Waals surface area (Å²) in [6, 6.07) is 3.87. The Balaban J connectivity index is 1.51. The molecule has 3 aromatic rings. The molecule has 33 heavy (non-hydrogen) atoms. The molecule has 176 valence electrons. The Kier molecular flexibility index (Phi) is 5.52. The summed E-state index contributed by atoms with van der Waals surface area (Å²) < 4.78 is 46.4. The number of anilines is 2. The number of H-pyrrole nitrogens is 1. The molecule has 0 bridgehead atoms. The number of hydrogen-bond acceptors (Lipinski definition) is 12. The van der Waals surface area contributed by atoms with E-state index in [0.717, 1.165) is 28.8 Å². The minimum atomic E-state index is -4.92. The Labute approximate surface area is 183 Å². The van der Waals surface area contributed by atoms with Crippen LogP contribution >= 0.6 is 0 Å².